The predicted molar refractivity (Wildman–Crippen MR) is 76.7 cm³/mol. The van der Waals surface area contributed by atoms with Gasteiger partial charge in [-0.2, -0.15) is 0 Å². The Morgan fingerprint density at radius 1 is 1.37 bits per heavy atom. The first-order chi connectivity index (χ1) is 9.15. The molecule has 2 rings (SSSR count). The summed E-state index contributed by atoms with van der Waals surface area (Å²) in [4.78, 5) is 14.4. The predicted octanol–water partition coefficient (Wildman–Crippen LogP) is 3.13. The highest BCUT2D eigenvalue weighted by atomic mass is 16.5. The number of hydrogen-bond acceptors (Lipinski definition) is 2. The number of carbonyl (C=O) groups is 1. The quantitative estimate of drug-likeness (QED) is 0.836. The van der Waals surface area contributed by atoms with Crippen molar-refractivity contribution in [3.8, 4) is 5.75 Å². The monoisotopic (exact) mass is 261 g/mol. The van der Waals surface area contributed by atoms with E-state index in [0.29, 0.717) is 0 Å². The van der Waals surface area contributed by atoms with Gasteiger partial charge in [-0.1, -0.05) is 13.8 Å². The maximum absolute atomic E-state index is 12.5. The van der Waals surface area contributed by atoms with Crippen LogP contribution in [0.15, 0.2) is 18.2 Å². The van der Waals surface area contributed by atoms with E-state index >= 15 is 0 Å². The van der Waals surface area contributed by atoms with Gasteiger partial charge in [0.1, 0.15) is 5.75 Å². The van der Waals surface area contributed by atoms with Gasteiger partial charge in [-0.15, -0.1) is 0 Å². The minimum atomic E-state index is 0.157. The summed E-state index contributed by atoms with van der Waals surface area (Å²) in [7, 11) is 1.67. The van der Waals surface area contributed by atoms with Crippen molar-refractivity contribution < 1.29 is 9.53 Å². The van der Waals surface area contributed by atoms with Crippen molar-refractivity contribution in [2.24, 2.45) is 5.92 Å². The lowest BCUT2D eigenvalue weighted by atomic mass is 9.98. The minimum Gasteiger partial charge on any atom is -0.496 e. The average molecular weight is 261 g/mol. The van der Waals surface area contributed by atoms with Crippen LogP contribution in [-0.2, 0) is 6.42 Å². The smallest absolute Gasteiger partial charge is 0.253 e. The largest absolute Gasteiger partial charge is 0.496 e. The molecule has 1 amide bonds. The number of benzene rings is 1. The van der Waals surface area contributed by atoms with Gasteiger partial charge in [0.2, 0.25) is 0 Å². The number of nitrogens with zero attached hydrogens (tertiary/aromatic N) is 1. The van der Waals surface area contributed by atoms with Crippen molar-refractivity contribution in [1.29, 1.82) is 0 Å². The molecule has 1 aliphatic rings. The molecule has 0 aromatic heterocycles. The molecule has 1 aromatic rings. The molecule has 0 bridgehead atoms. The molecule has 0 saturated carbocycles. The molecular formula is C16H23NO2. The van der Waals surface area contributed by atoms with Crippen LogP contribution >= 0.6 is 0 Å². The molecule has 0 spiro atoms. The summed E-state index contributed by atoms with van der Waals surface area (Å²) in [5, 5.41) is 0. The van der Waals surface area contributed by atoms with Crippen LogP contribution < -0.4 is 4.74 Å². The van der Waals surface area contributed by atoms with Crippen molar-refractivity contribution in [1.82, 2.24) is 4.90 Å². The van der Waals surface area contributed by atoms with Gasteiger partial charge >= 0.3 is 0 Å². The molecule has 19 heavy (non-hydrogen) atoms. The Labute approximate surface area is 115 Å². The molecule has 0 unspecified atom stereocenters. The van der Waals surface area contributed by atoms with E-state index in [1.807, 2.05) is 23.1 Å². The molecule has 0 aliphatic carbocycles. The number of aryl methyl sites for hydroxylation is 1. The van der Waals surface area contributed by atoms with Gasteiger partial charge in [-0.05, 0) is 48.9 Å². The Kier molecular flexibility index (Phi) is 4.46. The lowest BCUT2D eigenvalue weighted by Crippen LogP contribution is -2.37. The summed E-state index contributed by atoms with van der Waals surface area (Å²) >= 11 is 0. The van der Waals surface area contributed by atoms with Gasteiger partial charge in [0.15, 0.2) is 0 Å². The highest BCUT2D eigenvalue weighted by Gasteiger charge is 2.21. The van der Waals surface area contributed by atoms with E-state index in [-0.39, 0.29) is 5.91 Å². The van der Waals surface area contributed by atoms with E-state index in [4.69, 9.17) is 4.74 Å². The van der Waals surface area contributed by atoms with Crippen LogP contribution in [0.3, 0.4) is 0 Å². The molecule has 0 N–H and O–H groups in total. The highest BCUT2D eigenvalue weighted by molar-refractivity contribution is 5.94. The van der Waals surface area contributed by atoms with E-state index in [1.165, 1.54) is 0 Å². The topological polar surface area (TPSA) is 29.5 Å². The van der Waals surface area contributed by atoms with E-state index in [1.54, 1.807) is 7.11 Å². The van der Waals surface area contributed by atoms with E-state index in [2.05, 4.69) is 13.8 Å². The summed E-state index contributed by atoms with van der Waals surface area (Å²) in [6.45, 7) is 6.10. The summed E-state index contributed by atoms with van der Waals surface area (Å²) in [6, 6.07) is 5.75. The van der Waals surface area contributed by atoms with Crippen LogP contribution in [0.2, 0.25) is 0 Å². The Balaban J connectivity index is 2.15. The minimum absolute atomic E-state index is 0.157. The fourth-order valence-electron chi connectivity index (χ4n) is 2.58. The standard InChI is InChI=1S/C16H23NO2/c1-4-13-11-14(5-6-15(13)19-3)16(18)17-9-7-12(2)8-10-17/h5-6,11-12H,4,7-10H2,1-3H3. The molecule has 0 atom stereocenters. The Hall–Kier alpha value is -1.51. The molecule has 1 fully saturated rings. The third kappa shape index (κ3) is 3.09. The van der Waals surface area contributed by atoms with E-state index < -0.39 is 0 Å². The molecule has 1 aromatic carbocycles. The molecular weight excluding hydrogens is 238 g/mol. The number of rotatable bonds is 3. The fourth-order valence-corrected chi connectivity index (χ4v) is 2.58. The van der Waals surface area contributed by atoms with Crippen LogP contribution in [-0.4, -0.2) is 31.0 Å². The van der Waals surface area contributed by atoms with Crippen molar-refractivity contribution >= 4 is 5.91 Å². The summed E-state index contributed by atoms with van der Waals surface area (Å²) in [5.41, 5.74) is 1.88. The second-order valence-corrected chi connectivity index (χ2v) is 5.35. The number of hydrogen-bond donors (Lipinski definition) is 0. The van der Waals surface area contributed by atoms with Crippen LogP contribution in [0.25, 0.3) is 0 Å². The second kappa shape index (κ2) is 6.09. The zero-order valence-electron chi connectivity index (χ0n) is 12.1. The van der Waals surface area contributed by atoms with Gasteiger partial charge in [0.05, 0.1) is 7.11 Å². The van der Waals surface area contributed by atoms with E-state index in [0.717, 1.165) is 55.1 Å². The zero-order chi connectivity index (χ0) is 13.8. The summed E-state index contributed by atoms with van der Waals surface area (Å²) in [6.07, 6.45) is 3.10. The first-order valence-corrected chi connectivity index (χ1v) is 7.12. The van der Waals surface area contributed by atoms with Gasteiger partial charge in [0.25, 0.3) is 5.91 Å². The van der Waals surface area contributed by atoms with Gasteiger partial charge < -0.3 is 9.64 Å². The number of ether oxygens (including phenoxy) is 1. The average Bonchev–Trinajstić information content (AvgIpc) is 2.46. The number of likely N-dealkylation sites (tertiary alicyclic amines) is 1. The lowest BCUT2D eigenvalue weighted by Gasteiger charge is -2.30. The number of carbonyl (C=O) groups excluding carboxylic acids is 1. The fraction of sp³-hybridized carbons (Fsp3) is 0.562. The van der Waals surface area contributed by atoms with Crippen molar-refractivity contribution in [2.75, 3.05) is 20.2 Å². The maximum atomic E-state index is 12.5. The molecule has 104 valence electrons. The molecule has 3 heteroatoms. The molecule has 1 saturated heterocycles. The number of piperidine rings is 1. The Morgan fingerprint density at radius 3 is 2.63 bits per heavy atom. The van der Waals surface area contributed by atoms with Crippen LogP contribution in [0, 0.1) is 5.92 Å². The maximum Gasteiger partial charge on any atom is 0.253 e. The van der Waals surface area contributed by atoms with Crippen LogP contribution in [0.4, 0.5) is 0 Å². The zero-order valence-corrected chi connectivity index (χ0v) is 12.1. The summed E-state index contributed by atoms with van der Waals surface area (Å²) in [5.74, 6) is 1.77. The van der Waals surface area contributed by atoms with Gasteiger partial charge in [-0.25, -0.2) is 0 Å². The first kappa shape index (κ1) is 13.9. The Bertz CT molecular complexity index is 448. The van der Waals surface area contributed by atoms with Crippen molar-refractivity contribution in [2.45, 2.75) is 33.1 Å². The lowest BCUT2D eigenvalue weighted by molar-refractivity contribution is 0.0697. The number of methoxy groups -OCH3 is 1. The SMILES string of the molecule is CCc1cc(C(=O)N2CCC(C)CC2)ccc1OC. The van der Waals surface area contributed by atoms with Crippen LogP contribution in [0.1, 0.15) is 42.6 Å². The molecule has 3 nitrogen and oxygen atoms in total. The second-order valence-electron chi connectivity index (χ2n) is 5.35. The van der Waals surface area contributed by atoms with Gasteiger partial charge in [0, 0.05) is 18.7 Å². The first-order valence-electron chi connectivity index (χ1n) is 7.12. The third-order valence-electron chi connectivity index (χ3n) is 3.98. The van der Waals surface area contributed by atoms with Crippen LogP contribution in [0.5, 0.6) is 5.75 Å². The Morgan fingerprint density at radius 2 is 2.05 bits per heavy atom. The molecule has 0 radical (unpaired) electrons. The highest BCUT2D eigenvalue weighted by Crippen LogP contribution is 2.23. The van der Waals surface area contributed by atoms with Crippen molar-refractivity contribution in [3.63, 3.8) is 0 Å². The normalized spacial score (nSPS) is 16.5. The molecule has 1 heterocycles. The molecule has 1 aliphatic heterocycles. The third-order valence-corrected chi connectivity index (χ3v) is 3.98. The summed E-state index contributed by atoms with van der Waals surface area (Å²) < 4.78 is 5.31. The van der Waals surface area contributed by atoms with Gasteiger partial charge in [-0.3, -0.25) is 4.79 Å². The number of amides is 1. The van der Waals surface area contributed by atoms with Crippen molar-refractivity contribution in [3.05, 3.63) is 29.3 Å². The van der Waals surface area contributed by atoms with E-state index in [9.17, 15) is 4.79 Å².